The number of hydrogen-bond donors (Lipinski definition) is 2. The van der Waals surface area contributed by atoms with Crippen LogP contribution in [0.4, 0.5) is 0 Å². The zero-order valence-corrected chi connectivity index (χ0v) is 10.2. The standard InChI is InChI=1S/C11H26N2O/c1-6-7-13(5)9(8-14)10(12)11(2,3)4/h9-10,14H,6-8,12H2,1-5H3. The van der Waals surface area contributed by atoms with Gasteiger partial charge in [-0.05, 0) is 25.4 Å². The predicted molar refractivity (Wildman–Crippen MR) is 61.2 cm³/mol. The quantitative estimate of drug-likeness (QED) is 0.701. The van der Waals surface area contributed by atoms with Gasteiger partial charge in [0, 0.05) is 12.1 Å². The summed E-state index contributed by atoms with van der Waals surface area (Å²) in [4.78, 5) is 2.15. The van der Waals surface area contributed by atoms with Crippen LogP contribution in [0.3, 0.4) is 0 Å². The van der Waals surface area contributed by atoms with Gasteiger partial charge in [-0.2, -0.15) is 0 Å². The van der Waals surface area contributed by atoms with Gasteiger partial charge in [0.1, 0.15) is 0 Å². The molecule has 0 radical (unpaired) electrons. The van der Waals surface area contributed by atoms with Crippen molar-refractivity contribution in [3.05, 3.63) is 0 Å². The maximum Gasteiger partial charge on any atom is 0.0602 e. The summed E-state index contributed by atoms with van der Waals surface area (Å²) >= 11 is 0. The maximum absolute atomic E-state index is 9.34. The first kappa shape index (κ1) is 13.9. The third kappa shape index (κ3) is 3.95. The summed E-state index contributed by atoms with van der Waals surface area (Å²) in [6.07, 6.45) is 1.09. The lowest BCUT2D eigenvalue weighted by molar-refractivity contribution is 0.0890. The van der Waals surface area contributed by atoms with E-state index in [2.05, 4.69) is 32.6 Å². The first-order valence-electron chi connectivity index (χ1n) is 5.41. The minimum Gasteiger partial charge on any atom is -0.395 e. The molecule has 0 bridgehead atoms. The van der Waals surface area contributed by atoms with Gasteiger partial charge in [0.05, 0.1) is 6.61 Å². The van der Waals surface area contributed by atoms with Gasteiger partial charge in [0.25, 0.3) is 0 Å². The maximum atomic E-state index is 9.34. The van der Waals surface area contributed by atoms with Crippen molar-refractivity contribution in [2.24, 2.45) is 11.1 Å². The van der Waals surface area contributed by atoms with Crippen molar-refractivity contribution in [2.75, 3.05) is 20.2 Å². The smallest absolute Gasteiger partial charge is 0.0602 e. The lowest BCUT2D eigenvalue weighted by Crippen LogP contribution is -2.54. The summed E-state index contributed by atoms with van der Waals surface area (Å²) in [7, 11) is 2.02. The molecule has 3 heteroatoms. The van der Waals surface area contributed by atoms with Crippen molar-refractivity contribution in [3.8, 4) is 0 Å². The SMILES string of the molecule is CCCN(C)C(CO)C(N)C(C)(C)C. The highest BCUT2D eigenvalue weighted by atomic mass is 16.3. The minimum absolute atomic E-state index is 0.00375. The first-order chi connectivity index (χ1) is 6.34. The Kier molecular flexibility index (Phi) is 5.64. The van der Waals surface area contributed by atoms with E-state index in [1.165, 1.54) is 0 Å². The Balaban J connectivity index is 4.39. The van der Waals surface area contributed by atoms with E-state index >= 15 is 0 Å². The molecule has 0 aromatic carbocycles. The number of rotatable bonds is 5. The third-order valence-electron chi connectivity index (χ3n) is 2.74. The van der Waals surface area contributed by atoms with Crippen molar-refractivity contribution < 1.29 is 5.11 Å². The molecule has 3 nitrogen and oxygen atoms in total. The number of hydrogen-bond acceptors (Lipinski definition) is 3. The molecule has 0 saturated carbocycles. The number of nitrogens with two attached hydrogens (primary N) is 1. The largest absolute Gasteiger partial charge is 0.395 e. The Bertz CT molecular complexity index is 154. The second-order valence-electron chi connectivity index (χ2n) is 5.12. The number of aliphatic hydroxyl groups is 1. The molecule has 2 unspecified atom stereocenters. The summed E-state index contributed by atoms with van der Waals surface area (Å²) in [6.45, 7) is 9.58. The molecule has 0 aromatic heterocycles. The number of aliphatic hydroxyl groups excluding tert-OH is 1. The molecule has 14 heavy (non-hydrogen) atoms. The Morgan fingerprint density at radius 1 is 1.36 bits per heavy atom. The van der Waals surface area contributed by atoms with Crippen LogP contribution >= 0.6 is 0 Å². The predicted octanol–water partition coefficient (Wildman–Crippen LogP) is 1.06. The van der Waals surface area contributed by atoms with Crippen LogP contribution in [0, 0.1) is 5.41 Å². The average molecular weight is 202 g/mol. The van der Waals surface area contributed by atoms with Crippen LogP contribution in [0.5, 0.6) is 0 Å². The van der Waals surface area contributed by atoms with Crippen LogP contribution < -0.4 is 5.73 Å². The normalized spacial score (nSPS) is 17.1. The van der Waals surface area contributed by atoms with Gasteiger partial charge in [0.2, 0.25) is 0 Å². The summed E-state index contributed by atoms with van der Waals surface area (Å²) < 4.78 is 0. The Morgan fingerprint density at radius 2 is 1.86 bits per heavy atom. The van der Waals surface area contributed by atoms with Gasteiger partial charge in [-0.1, -0.05) is 27.7 Å². The van der Waals surface area contributed by atoms with Crippen LogP contribution in [0.25, 0.3) is 0 Å². The number of likely N-dealkylation sites (N-methyl/N-ethyl adjacent to an activating group) is 1. The Hall–Kier alpha value is -0.120. The summed E-state index contributed by atoms with van der Waals surface area (Å²) in [5, 5.41) is 9.34. The first-order valence-corrected chi connectivity index (χ1v) is 5.41. The molecule has 0 aliphatic rings. The molecule has 0 aromatic rings. The molecule has 0 aliphatic carbocycles. The second kappa shape index (κ2) is 5.69. The van der Waals surface area contributed by atoms with E-state index < -0.39 is 0 Å². The molecule has 0 fully saturated rings. The summed E-state index contributed by atoms with van der Waals surface area (Å²) in [5.41, 5.74) is 6.17. The van der Waals surface area contributed by atoms with Crippen molar-refractivity contribution in [1.82, 2.24) is 4.90 Å². The van der Waals surface area contributed by atoms with Crippen LogP contribution in [0.1, 0.15) is 34.1 Å². The van der Waals surface area contributed by atoms with Crippen molar-refractivity contribution in [2.45, 2.75) is 46.2 Å². The van der Waals surface area contributed by atoms with Gasteiger partial charge in [-0.3, -0.25) is 4.90 Å². The minimum atomic E-state index is 0.00375. The van der Waals surface area contributed by atoms with E-state index in [1.807, 2.05) is 7.05 Å². The second-order valence-corrected chi connectivity index (χ2v) is 5.12. The van der Waals surface area contributed by atoms with Gasteiger partial charge in [-0.15, -0.1) is 0 Å². The van der Waals surface area contributed by atoms with Crippen LogP contribution in [-0.2, 0) is 0 Å². The van der Waals surface area contributed by atoms with E-state index in [4.69, 9.17) is 5.73 Å². The third-order valence-corrected chi connectivity index (χ3v) is 2.74. The van der Waals surface area contributed by atoms with Crippen LogP contribution in [-0.4, -0.2) is 42.3 Å². The average Bonchev–Trinajstić information content (AvgIpc) is 2.04. The van der Waals surface area contributed by atoms with Crippen molar-refractivity contribution in [3.63, 3.8) is 0 Å². The zero-order chi connectivity index (χ0) is 11.4. The molecule has 0 saturated heterocycles. The molecule has 3 N–H and O–H groups in total. The Labute approximate surface area is 88.3 Å². The molecule has 0 spiro atoms. The molecule has 0 aliphatic heterocycles. The van der Waals surface area contributed by atoms with Crippen LogP contribution in [0.2, 0.25) is 0 Å². The molecular formula is C11H26N2O. The summed E-state index contributed by atoms with van der Waals surface area (Å²) in [5.74, 6) is 0. The van der Waals surface area contributed by atoms with E-state index in [1.54, 1.807) is 0 Å². The number of nitrogens with zero attached hydrogens (tertiary/aromatic N) is 1. The monoisotopic (exact) mass is 202 g/mol. The highest BCUT2D eigenvalue weighted by Gasteiger charge is 2.30. The Morgan fingerprint density at radius 3 is 2.14 bits per heavy atom. The molecule has 2 atom stereocenters. The summed E-state index contributed by atoms with van der Waals surface area (Å²) in [6, 6.07) is 0.0685. The van der Waals surface area contributed by atoms with Crippen molar-refractivity contribution >= 4 is 0 Å². The van der Waals surface area contributed by atoms with E-state index in [0.717, 1.165) is 13.0 Å². The topological polar surface area (TPSA) is 49.5 Å². The lowest BCUT2D eigenvalue weighted by atomic mass is 9.82. The fourth-order valence-electron chi connectivity index (χ4n) is 1.62. The molecule has 0 rings (SSSR count). The van der Waals surface area contributed by atoms with E-state index in [0.29, 0.717) is 0 Å². The van der Waals surface area contributed by atoms with Crippen LogP contribution in [0.15, 0.2) is 0 Å². The van der Waals surface area contributed by atoms with Gasteiger partial charge in [-0.25, -0.2) is 0 Å². The van der Waals surface area contributed by atoms with E-state index in [9.17, 15) is 5.11 Å². The fourth-order valence-corrected chi connectivity index (χ4v) is 1.62. The zero-order valence-electron chi connectivity index (χ0n) is 10.2. The van der Waals surface area contributed by atoms with E-state index in [-0.39, 0.29) is 24.1 Å². The van der Waals surface area contributed by atoms with Crippen molar-refractivity contribution in [1.29, 1.82) is 0 Å². The molecule has 0 amide bonds. The molecule has 0 heterocycles. The fraction of sp³-hybridized carbons (Fsp3) is 1.00. The molecule has 86 valence electrons. The highest BCUT2D eigenvalue weighted by molar-refractivity contribution is 4.88. The lowest BCUT2D eigenvalue weighted by Gasteiger charge is -2.38. The van der Waals surface area contributed by atoms with Gasteiger partial charge in [0.15, 0.2) is 0 Å². The van der Waals surface area contributed by atoms with Gasteiger partial charge < -0.3 is 10.8 Å². The molecular weight excluding hydrogens is 176 g/mol. The highest BCUT2D eigenvalue weighted by Crippen LogP contribution is 2.22. The van der Waals surface area contributed by atoms with Gasteiger partial charge >= 0.3 is 0 Å².